The standard InChI is InChI=1S/4BO3.H2O.3Pb/c4*2-1(3)4;;;;/h;;;;1H2;;;/q4*-3;;;;. The van der Waals surface area contributed by atoms with Crippen LogP contribution in [-0.4, -0.2) is 117 Å². The molecule has 0 amide bonds. The molecule has 0 spiro atoms. The molecule has 0 heterocycles. The molecule has 0 aromatic carbocycles. The van der Waals surface area contributed by atoms with Crippen LogP contribution in [0, 0.1) is 0 Å². The fourth-order valence-electron chi connectivity index (χ4n) is 0. The number of rotatable bonds is 0. The smallest absolute Gasteiger partial charge is 0 e. The van der Waals surface area contributed by atoms with Crippen molar-refractivity contribution in [2.45, 2.75) is 0 Å². The van der Waals surface area contributed by atoms with Gasteiger partial charge in [0.05, 0.1) is 0 Å². The fraction of sp³-hybridized carbons (Fsp3) is 0. The van der Waals surface area contributed by atoms with Gasteiger partial charge in [0.25, 0.3) is 0 Å². The average molecular weight is 875 g/mol. The summed E-state index contributed by atoms with van der Waals surface area (Å²) in [5.74, 6) is 0. The first kappa shape index (κ1) is 49.5. The Morgan fingerprint density at radius 1 is 0.300 bits per heavy atom. The molecule has 12 radical (unpaired) electrons. The van der Waals surface area contributed by atoms with Gasteiger partial charge in [-0.3, -0.25) is 29.3 Å². The topological polar surface area (TPSA) is 308 Å². The molecule has 0 aliphatic heterocycles. The summed E-state index contributed by atoms with van der Waals surface area (Å²) in [6, 6.07) is 0. The molecule has 2 N–H and O–H groups in total. The third-order valence-corrected chi connectivity index (χ3v) is 0. The van der Waals surface area contributed by atoms with E-state index < -0.39 is 29.3 Å². The van der Waals surface area contributed by atoms with Crippen LogP contribution in [0.5, 0.6) is 0 Å². The van der Waals surface area contributed by atoms with E-state index in [0.717, 1.165) is 0 Å². The van der Waals surface area contributed by atoms with Gasteiger partial charge in [-0.25, -0.2) is 0 Å². The van der Waals surface area contributed by atoms with Crippen molar-refractivity contribution in [3.05, 3.63) is 0 Å². The van der Waals surface area contributed by atoms with Crippen molar-refractivity contribution in [1.82, 2.24) is 0 Å². The van der Waals surface area contributed by atoms with Crippen LogP contribution in [0.1, 0.15) is 0 Å². The molecule has 0 fully saturated rings. The van der Waals surface area contributed by atoms with E-state index in [2.05, 4.69) is 0 Å². The zero-order chi connectivity index (χ0) is 14.3. The molecule has 13 nitrogen and oxygen atoms in total. The molecule has 0 aromatic heterocycles. The van der Waals surface area contributed by atoms with Crippen LogP contribution in [0.15, 0.2) is 0 Å². The van der Waals surface area contributed by atoms with Crippen molar-refractivity contribution in [3.63, 3.8) is 0 Å². The van der Waals surface area contributed by atoms with Crippen molar-refractivity contribution in [3.8, 4) is 0 Å². The Hall–Kier alpha value is 2.51. The van der Waals surface area contributed by atoms with Gasteiger partial charge in [0, 0.05) is 81.9 Å². The van der Waals surface area contributed by atoms with Gasteiger partial charge in [-0.2, -0.15) is 0 Å². The number of hydrogen-bond acceptors (Lipinski definition) is 12. The van der Waals surface area contributed by atoms with E-state index in [4.69, 9.17) is 60.3 Å². The van der Waals surface area contributed by atoms with E-state index >= 15 is 0 Å². The van der Waals surface area contributed by atoms with Gasteiger partial charge in [-0.1, -0.05) is 0 Å². The Bertz CT molecular complexity index is 68.6. The summed E-state index contributed by atoms with van der Waals surface area (Å²) in [6.45, 7) is 0. The molecule has 0 rings (SSSR count). The van der Waals surface area contributed by atoms with Gasteiger partial charge in [-0.05, 0) is 0 Å². The van der Waals surface area contributed by atoms with Crippen LogP contribution in [0.4, 0.5) is 0 Å². The molecular weight excluding hydrogens is 873 g/mol. The fourth-order valence-corrected chi connectivity index (χ4v) is 0. The molecule has 0 aliphatic carbocycles. The summed E-state index contributed by atoms with van der Waals surface area (Å²) in [5, 5.41) is 101. The van der Waals surface area contributed by atoms with E-state index in [1.165, 1.54) is 0 Å². The van der Waals surface area contributed by atoms with Crippen LogP contribution in [0.2, 0.25) is 0 Å². The minimum atomic E-state index is -2.92. The van der Waals surface area contributed by atoms with Crippen molar-refractivity contribution >= 4 is 111 Å². The van der Waals surface area contributed by atoms with Gasteiger partial charge in [-0.15, -0.1) is 0 Å². The molecule has 0 unspecified atom stereocenters. The number of hydrogen-bond donors (Lipinski definition) is 0. The summed E-state index contributed by atoms with van der Waals surface area (Å²) in [7, 11) is -11.7. The van der Waals surface area contributed by atoms with Crippen molar-refractivity contribution in [1.29, 1.82) is 0 Å². The monoisotopic (exact) mass is 878 g/mol. The Balaban J connectivity index is -0.0000000150. The van der Waals surface area contributed by atoms with E-state index in [-0.39, 0.29) is 87.4 Å². The van der Waals surface area contributed by atoms with Crippen LogP contribution in [-0.2, 0) is 0 Å². The zero-order valence-corrected chi connectivity index (χ0v) is 20.9. The quantitative estimate of drug-likeness (QED) is 0.205. The minimum absolute atomic E-state index is 0. The van der Waals surface area contributed by atoms with Crippen LogP contribution < -0.4 is 60.3 Å². The second-order valence-corrected chi connectivity index (χ2v) is 1.15. The van der Waals surface area contributed by atoms with Crippen molar-refractivity contribution in [2.24, 2.45) is 0 Å². The largest absolute Gasteiger partial charge is 0.907 e. The predicted octanol–water partition coefficient (Wildman–Crippen LogP) is -17.8. The third kappa shape index (κ3) is 1240. The second-order valence-electron chi connectivity index (χ2n) is 1.15. The summed E-state index contributed by atoms with van der Waals surface area (Å²) in [4.78, 5) is 0. The first-order valence-electron chi connectivity index (χ1n) is 2.83. The molecule has 116 valence electrons. The van der Waals surface area contributed by atoms with Gasteiger partial charge >= 0.3 is 0 Å². The first-order chi connectivity index (χ1) is 6.93. The average Bonchev–Trinajstić information content (AvgIpc) is 1.76. The molecule has 20 heteroatoms. The summed E-state index contributed by atoms with van der Waals surface area (Å²) >= 11 is 0. The first-order valence-corrected chi connectivity index (χ1v) is 2.83. The van der Waals surface area contributed by atoms with Gasteiger partial charge < -0.3 is 65.8 Å². The zero-order valence-electron chi connectivity index (χ0n) is 9.21. The van der Waals surface area contributed by atoms with Crippen molar-refractivity contribution < 1.29 is 65.8 Å². The Morgan fingerprint density at radius 3 is 0.300 bits per heavy atom. The third-order valence-electron chi connectivity index (χ3n) is 0. The molecular formula is H2B4O13Pb3-12. The Labute approximate surface area is 175 Å². The maximum absolute atomic E-state index is 8.42. The molecule has 0 aliphatic rings. The maximum atomic E-state index is 8.42. The second kappa shape index (κ2) is 43.0. The summed E-state index contributed by atoms with van der Waals surface area (Å²) in [5.41, 5.74) is 0. The summed E-state index contributed by atoms with van der Waals surface area (Å²) in [6.07, 6.45) is 0. The van der Waals surface area contributed by atoms with Crippen molar-refractivity contribution in [2.75, 3.05) is 0 Å². The van der Waals surface area contributed by atoms with Crippen LogP contribution in [0.3, 0.4) is 0 Å². The molecule has 0 atom stereocenters. The molecule has 0 saturated heterocycles. The maximum Gasteiger partial charge on any atom is 0 e. The Kier molecular flexibility index (Phi) is 106. The van der Waals surface area contributed by atoms with E-state index in [9.17, 15) is 0 Å². The van der Waals surface area contributed by atoms with E-state index in [0.29, 0.717) is 0 Å². The van der Waals surface area contributed by atoms with Crippen LogP contribution >= 0.6 is 0 Å². The summed E-state index contributed by atoms with van der Waals surface area (Å²) < 4.78 is 0. The predicted molar refractivity (Wildman–Crippen MR) is 43.9 cm³/mol. The molecule has 0 aromatic rings. The van der Waals surface area contributed by atoms with Gasteiger partial charge in [0.2, 0.25) is 0 Å². The SMILES string of the molecule is O.[O-]B([O-])[O-].[O-]B([O-])[O-].[O-]B([O-])[O-].[O-]B([O-])[O-].[Pb].[Pb].[Pb]. The van der Waals surface area contributed by atoms with E-state index in [1.807, 2.05) is 0 Å². The minimum Gasteiger partial charge on any atom is -0.907 e. The molecule has 0 saturated carbocycles. The van der Waals surface area contributed by atoms with Crippen LogP contribution in [0.25, 0.3) is 0 Å². The molecule has 0 bridgehead atoms. The van der Waals surface area contributed by atoms with Gasteiger partial charge in [0.15, 0.2) is 0 Å². The molecule has 20 heavy (non-hydrogen) atoms. The normalized spacial score (nSPS) is 5.40. The van der Waals surface area contributed by atoms with E-state index in [1.54, 1.807) is 0 Å². The van der Waals surface area contributed by atoms with Gasteiger partial charge in [0.1, 0.15) is 0 Å². The Morgan fingerprint density at radius 2 is 0.300 bits per heavy atom.